The fraction of sp³-hybridized carbons (Fsp3) is 0.588. The Bertz CT molecular complexity index is 537. The molecule has 5 nitrogen and oxygen atoms in total. The molecule has 0 fully saturated rings. The standard InChI is InChI=1S/C17H27BrN2O3.ClH/c1-5-8-23-15-13(18)9-12(10-14(15)22-4)16(21)20-11-17(19,6-2)7-3;/h9-10H,5-8,11,19H2,1-4H3,(H,20,21);1H. The van der Waals surface area contributed by atoms with Gasteiger partial charge in [-0.15, -0.1) is 12.4 Å². The first-order valence-electron chi connectivity index (χ1n) is 7.98. The van der Waals surface area contributed by atoms with E-state index >= 15 is 0 Å². The minimum atomic E-state index is -0.374. The summed E-state index contributed by atoms with van der Waals surface area (Å²) in [6.07, 6.45) is 2.51. The van der Waals surface area contributed by atoms with E-state index in [0.29, 0.717) is 34.7 Å². The van der Waals surface area contributed by atoms with E-state index in [1.54, 1.807) is 19.2 Å². The van der Waals surface area contributed by atoms with Gasteiger partial charge in [0.1, 0.15) is 0 Å². The molecule has 0 aliphatic heterocycles. The van der Waals surface area contributed by atoms with Crippen molar-refractivity contribution >= 4 is 34.2 Å². The monoisotopic (exact) mass is 422 g/mol. The van der Waals surface area contributed by atoms with Crippen molar-refractivity contribution < 1.29 is 14.3 Å². The minimum Gasteiger partial charge on any atom is -0.493 e. The van der Waals surface area contributed by atoms with Gasteiger partial charge in [0.15, 0.2) is 11.5 Å². The summed E-state index contributed by atoms with van der Waals surface area (Å²) in [6, 6.07) is 3.42. The van der Waals surface area contributed by atoms with Gasteiger partial charge in [-0.05, 0) is 47.3 Å². The lowest BCUT2D eigenvalue weighted by Crippen LogP contribution is -2.49. The summed E-state index contributed by atoms with van der Waals surface area (Å²) in [5.74, 6) is 0.965. The number of carbonyl (C=O) groups is 1. The number of hydrogen-bond donors (Lipinski definition) is 2. The van der Waals surface area contributed by atoms with Crippen LogP contribution in [0.5, 0.6) is 11.5 Å². The summed E-state index contributed by atoms with van der Waals surface area (Å²) in [4.78, 5) is 12.4. The molecule has 0 spiro atoms. The van der Waals surface area contributed by atoms with Crippen molar-refractivity contribution in [1.29, 1.82) is 0 Å². The van der Waals surface area contributed by atoms with Gasteiger partial charge < -0.3 is 20.5 Å². The van der Waals surface area contributed by atoms with E-state index in [-0.39, 0.29) is 23.9 Å². The Balaban J connectivity index is 0.00000529. The minimum absolute atomic E-state index is 0. The van der Waals surface area contributed by atoms with Crippen molar-refractivity contribution in [3.63, 3.8) is 0 Å². The molecular weight excluding hydrogens is 396 g/mol. The van der Waals surface area contributed by atoms with Crippen LogP contribution in [0.4, 0.5) is 0 Å². The summed E-state index contributed by atoms with van der Waals surface area (Å²) in [5.41, 5.74) is 6.35. The number of halogens is 2. The number of hydrogen-bond acceptors (Lipinski definition) is 4. The van der Waals surface area contributed by atoms with Crippen LogP contribution in [0.2, 0.25) is 0 Å². The molecule has 1 rings (SSSR count). The summed E-state index contributed by atoms with van der Waals surface area (Å²) in [6.45, 7) is 7.10. The maximum atomic E-state index is 12.4. The van der Waals surface area contributed by atoms with Gasteiger partial charge in [-0.1, -0.05) is 20.8 Å². The van der Waals surface area contributed by atoms with Crippen LogP contribution >= 0.6 is 28.3 Å². The van der Waals surface area contributed by atoms with Crippen LogP contribution in [0.1, 0.15) is 50.4 Å². The zero-order valence-corrected chi connectivity index (χ0v) is 17.2. The molecule has 0 radical (unpaired) electrons. The highest BCUT2D eigenvalue weighted by Crippen LogP contribution is 2.36. The van der Waals surface area contributed by atoms with Crippen molar-refractivity contribution in [2.24, 2.45) is 5.73 Å². The van der Waals surface area contributed by atoms with Crippen molar-refractivity contribution in [1.82, 2.24) is 5.32 Å². The Morgan fingerprint density at radius 1 is 1.29 bits per heavy atom. The molecule has 0 atom stereocenters. The molecule has 3 N–H and O–H groups in total. The van der Waals surface area contributed by atoms with E-state index in [2.05, 4.69) is 21.2 Å². The molecule has 1 amide bonds. The van der Waals surface area contributed by atoms with Crippen LogP contribution in [-0.4, -0.2) is 31.7 Å². The maximum Gasteiger partial charge on any atom is 0.251 e. The van der Waals surface area contributed by atoms with Gasteiger partial charge in [-0.3, -0.25) is 4.79 Å². The molecule has 0 aromatic heterocycles. The van der Waals surface area contributed by atoms with E-state index in [1.807, 2.05) is 20.8 Å². The number of nitrogens with two attached hydrogens (primary N) is 1. The average Bonchev–Trinajstić information content (AvgIpc) is 2.57. The number of methoxy groups -OCH3 is 1. The van der Waals surface area contributed by atoms with Crippen LogP contribution in [0.3, 0.4) is 0 Å². The molecule has 0 aliphatic carbocycles. The van der Waals surface area contributed by atoms with Crippen LogP contribution in [0, 0.1) is 0 Å². The van der Waals surface area contributed by atoms with Crippen molar-refractivity contribution in [3.8, 4) is 11.5 Å². The zero-order chi connectivity index (χ0) is 17.5. The van der Waals surface area contributed by atoms with E-state index < -0.39 is 0 Å². The highest BCUT2D eigenvalue weighted by molar-refractivity contribution is 9.10. The number of carbonyl (C=O) groups excluding carboxylic acids is 1. The van der Waals surface area contributed by atoms with Crippen LogP contribution in [-0.2, 0) is 0 Å². The maximum absolute atomic E-state index is 12.4. The van der Waals surface area contributed by atoms with Gasteiger partial charge in [0, 0.05) is 17.6 Å². The third-order valence-electron chi connectivity index (χ3n) is 3.95. The van der Waals surface area contributed by atoms with E-state index in [1.165, 1.54) is 0 Å². The van der Waals surface area contributed by atoms with Crippen LogP contribution in [0.25, 0.3) is 0 Å². The molecule has 0 unspecified atom stereocenters. The number of benzene rings is 1. The fourth-order valence-corrected chi connectivity index (χ4v) is 2.61. The van der Waals surface area contributed by atoms with E-state index in [4.69, 9.17) is 15.2 Å². The van der Waals surface area contributed by atoms with Crippen molar-refractivity contribution in [3.05, 3.63) is 22.2 Å². The normalized spacial score (nSPS) is 10.8. The van der Waals surface area contributed by atoms with E-state index in [0.717, 1.165) is 19.3 Å². The highest BCUT2D eigenvalue weighted by Gasteiger charge is 2.22. The Labute approximate surface area is 159 Å². The number of nitrogens with one attached hydrogen (secondary N) is 1. The molecule has 0 heterocycles. The van der Waals surface area contributed by atoms with Gasteiger partial charge >= 0.3 is 0 Å². The van der Waals surface area contributed by atoms with Crippen LogP contribution in [0.15, 0.2) is 16.6 Å². The number of rotatable bonds is 9. The summed E-state index contributed by atoms with van der Waals surface area (Å²) >= 11 is 3.45. The zero-order valence-electron chi connectivity index (χ0n) is 14.8. The predicted octanol–water partition coefficient (Wildman–Crippen LogP) is 3.92. The summed E-state index contributed by atoms with van der Waals surface area (Å²) < 4.78 is 11.7. The SMILES string of the molecule is CCCOc1c(Br)cc(C(=O)NCC(N)(CC)CC)cc1OC.Cl. The molecule has 24 heavy (non-hydrogen) atoms. The van der Waals surface area contributed by atoms with Gasteiger partial charge in [0.05, 0.1) is 18.2 Å². The summed E-state index contributed by atoms with van der Waals surface area (Å²) in [7, 11) is 1.56. The molecule has 0 aliphatic rings. The number of amides is 1. The Kier molecular flexibility index (Phi) is 10.4. The third kappa shape index (κ3) is 6.15. The van der Waals surface area contributed by atoms with Crippen molar-refractivity contribution in [2.45, 2.75) is 45.6 Å². The Hall–Kier alpha value is -0.980. The average molecular weight is 424 g/mol. The lowest BCUT2D eigenvalue weighted by Gasteiger charge is -2.26. The first-order valence-corrected chi connectivity index (χ1v) is 8.77. The Morgan fingerprint density at radius 3 is 2.42 bits per heavy atom. The molecule has 0 saturated heterocycles. The van der Waals surface area contributed by atoms with Gasteiger partial charge in [0.2, 0.25) is 0 Å². The molecule has 7 heteroatoms. The molecule has 1 aromatic carbocycles. The topological polar surface area (TPSA) is 73.6 Å². The first-order chi connectivity index (χ1) is 10.9. The second-order valence-corrected chi connectivity index (χ2v) is 6.44. The summed E-state index contributed by atoms with van der Waals surface area (Å²) in [5, 5.41) is 2.90. The van der Waals surface area contributed by atoms with E-state index in [9.17, 15) is 4.79 Å². The largest absolute Gasteiger partial charge is 0.493 e. The van der Waals surface area contributed by atoms with Crippen molar-refractivity contribution in [2.75, 3.05) is 20.3 Å². The molecule has 1 aromatic rings. The molecule has 0 bridgehead atoms. The lowest BCUT2D eigenvalue weighted by atomic mass is 9.94. The highest BCUT2D eigenvalue weighted by atomic mass is 79.9. The second kappa shape index (κ2) is 10.8. The van der Waals surface area contributed by atoms with Crippen LogP contribution < -0.4 is 20.5 Å². The lowest BCUT2D eigenvalue weighted by molar-refractivity contribution is 0.0941. The first kappa shape index (κ1) is 23.0. The second-order valence-electron chi connectivity index (χ2n) is 5.59. The van der Waals surface area contributed by atoms with Gasteiger partial charge in [-0.25, -0.2) is 0 Å². The molecule has 138 valence electrons. The molecule has 0 saturated carbocycles. The fourth-order valence-electron chi connectivity index (χ4n) is 2.05. The smallest absolute Gasteiger partial charge is 0.251 e. The van der Waals surface area contributed by atoms with Gasteiger partial charge in [-0.2, -0.15) is 0 Å². The predicted molar refractivity (Wildman–Crippen MR) is 104 cm³/mol. The third-order valence-corrected chi connectivity index (χ3v) is 4.54. The number of ether oxygens (including phenoxy) is 2. The molecular formula is C17H28BrClN2O3. The van der Waals surface area contributed by atoms with Gasteiger partial charge in [0.25, 0.3) is 5.91 Å². The quantitative estimate of drug-likeness (QED) is 0.631. The Morgan fingerprint density at radius 2 is 1.92 bits per heavy atom.